The van der Waals surface area contributed by atoms with Gasteiger partial charge in [0.25, 0.3) is 0 Å². The fourth-order valence-electron chi connectivity index (χ4n) is 2.58. The molecule has 0 atom stereocenters. The molecule has 10 heteroatoms. The van der Waals surface area contributed by atoms with E-state index in [-0.39, 0.29) is 0 Å². The fraction of sp³-hybridized carbons (Fsp3) is 0.500. The third-order valence-corrected chi connectivity index (χ3v) is 6.25. The van der Waals surface area contributed by atoms with Crippen LogP contribution >= 0.6 is 34.6 Å². The Morgan fingerprint density at radius 3 is 1.44 bits per heavy atom. The van der Waals surface area contributed by atoms with Crippen LogP contribution in [0.4, 0.5) is 5.69 Å². The topological polar surface area (TPSA) is 89.7 Å². The van der Waals surface area contributed by atoms with Crippen molar-refractivity contribution in [3.8, 4) is 0 Å². The van der Waals surface area contributed by atoms with Gasteiger partial charge in [-0.2, -0.15) is 13.1 Å². The van der Waals surface area contributed by atoms with Gasteiger partial charge >= 0.3 is 0 Å². The first kappa shape index (κ1) is 33.6. The molecule has 7 nitrogen and oxygen atoms in total. The Bertz CT molecular complexity index is 1060. The highest BCUT2D eigenvalue weighted by molar-refractivity contribution is 7.05. The molecule has 0 aliphatic carbocycles. The highest BCUT2D eigenvalue weighted by Gasteiger charge is 2.08. The van der Waals surface area contributed by atoms with E-state index >= 15 is 0 Å². The molecule has 36 heavy (non-hydrogen) atoms. The van der Waals surface area contributed by atoms with E-state index in [9.17, 15) is 0 Å². The van der Waals surface area contributed by atoms with Crippen molar-refractivity contribution < 1.29 is 0 Å². The first-order valence-electron chi connectivity index (χ1n) is 12.2. The Labute approximate surface area is 229 Å². The molecule has 5 rings (SSSR count). The maximum Gasteiger partial charge on any atom is 0.139 e. The lowest BCUT2D eigenvalue weighted by atomic mass is 10.1. The van der Waals surface area contributed by atoms with E-state index in [1.165, 1.54) is 45.9 Å². The summed E-state index contributed by atoms with van der Waals surface area (Å²) in [5.74, 6) is 2.65. The Balaban J connectivity index is 0.000000438. The van der Waals surface area contributed by atoms with E-state index in [4.69, 9.17) is 0 Å². The molecular weight excluding hydrogens is 507 g/mol. The second-order valence-electron chi connectivity index (χ2n) is 6.96. The zero-order valence-electron chi connectivity index (χ0n) is 23.6. The SMILES string of the molecule is CC.CC.CC1=Nc2ccccc2C1.CCc1nc(C)ns1.Cc1nsc(C)n1.Cc1nsc(C)n1. The van der Waals surface area contributed by atoms with E-state index in [0.717, 1.165) is 51.0 Å². The van der Waals surface area contributed by atoms with Gasteiger partial charge in [-0.3, -0.25) is 4.99 Å². The highest BCUT2D eigenvalue weighted by Crippen LogP contribution is 2.25. The largest absolute Gasteiger partial charge is 0.257 e. The number of aromatic nitrogens is 6. The fourth-order valence-corrected chi connectivity index (χ4v) is 4.11. The average molecular weight is 548 g/mol. The summed E-state index contributed by atoms with van der Waals surface area (Å²) in [5, 5.41) is 3.21. The minimum atomic E-state index is 0.877. The van der Waals surface area contributed by atoms with Crippen molar-refractivity contribution in [2.45, 2.75) is 89.0 Å². The summed E-state index contributed by atoms with van der Waals surface area (Å²) in [6, 6.07) is 8.29. The van der Waals surface area contributed by atoms with Gasteiger partial charge in [0.05, 0.1) is 5.69 Å². The van der Waals surface area contributed by atoms with Gasteiger partial charge in [-0.15, -0.1) is 0 Å². The lowest BCUT2D eigenvalue weighted by Crippen LogP contribution is -1.87. The molecule has 0 spiro atoms. The third kappa shape index (κ3) is 14.2. The van der Waals surface area contributed by atoms with Gasteiger partial charge in [-0.1, -0.05) is 52.8 Å². The summed E-state index contributed by atoms with van der Waals surface area (Å²) in [5.41, 5.74) is 3.74. The first-order chi connectivity index (χ1) is 17.3. The van der Waals surface area contributed by atoms with Gasteiger partial charge in [-0.25, -0.2) is 15.0 Å². The average Bonchev–Trinajstić information content (AvgIpc) is 3.66. The Hall–Kier alpha value is -2.43. The number of aliphatic imine (C=N–C) groups is 1. The Morgan fingerprint density at radius 1 is 0.667 bits per heavy atom. The van der Waals surface area contributed by atoms with Crippen molar-refractivity contribution in [2.75, 3.05) is 0 Å². The minimum absolute atomic E-state index is 0.877. The third-order valence-electron chi connectivity index (χ3n) is 3.88. The molecule has 0 amide bonds. The molecular formula is C26H41N7S3. The molecule has 1 aliphatic rings. The second kappa shape index (κ2) is 19.7. The standard InChI is InChI=1S/C9H9N.C5H8N2S.2C4H6N2S.2C2H6/c1-7-6-8-4-2-3-5-9(8)10-7;1-3-5-6-4(2)7-8-5;2*1-3-5-4(2)7-6-3;2*1-2/h2-5H,6H2,1H3;3H2,1-2H3;2*1-2H3;2*1-2H3. The van der Waals surface area contributed by atoms with Crippen molar-refractivity contribution in [1.82, 2.24) is 28.1 Å². The van der Waals surface area contributed by atoms with Crippen LogP contribution in [0.15, 0.2) is 29.3 Å². The molecule has 0 saturated heterocycles. The molecule has 3 aromatic heterocycles. The van der Waals surface area contributed by atoms with E-state index in [1.54, 1.807) is 0 Å². The van der Waals surface area contributed by atoms with Gasteiger partial charge in [-0.05, 0) is 94.2 Å². The van der Waals surface area contributed by atoms with Crippen molar-refractivity contribution in [3.05, 3.63) is 62.3 Å². The number of benzene rings is 1. The van der Waals surface area contributed by atoms with Crippen molar-refractivity contribution >= 4 is 46.0 Å². The molecule has 0 saturated carbocycles. The molecule has 0 bridgehead atoms. The number of aryl methyl sites for hydroxylation is 6. The van der Waals surface area contributed by atoms with Crippen LogP contribution in [-0.2, 0) is 12.8 Å². The van der Waals surface area contributed by atoms with E-state index in [2.05, 4.69) is 65.1 Å². The first-order valence-corrected chi connectivity index (χ1v) is 14.5. The van der Waals surface area contributed by atoms with Gasteiger partial charge in [0.15, 0.2) is 0 Å². The van der Waals surface area contributed by atoms with Crippen molar-refractivity contribution in [3.63, 3.8) is 0 Å². The predicted octanol–water partition coefficient (Wildman–Crippen LogP) is 8.11. The molecule has 1 aromatic carbocycles. The summed E-state index contributed by atoms with van der Waals surface area (Å²) in [6.07, 6.45) is 2.04. The Kier molecular flexibility index (Phi) is 18.4. The normalized spacial score (nSPS) is 10.2. The zero-order chi connectivity index (χ0) is 27.5. The second-order valence-corrected chi connectivity index (χ2v) is 9.71. The molecule has 0 fully saturated rings. The predicted molar refractivity (Wildman–Crippen MR) is 158 cm³/mol. The van der Waals surface area contributed by atoms with Crippen LogP contribution < -0.4 is 0 Å². The van der Waals surface area contributed by atoms with Gasteiger partial charge in [0.1, 0.15) is 32.5 Å². The van der Waals surface area contributed by atoms with E-state index in [0.29, 0.717) is 0 Å². The van der Waals surface area contributed by atoms with Gasteiger partial charge in [0, 0.05) is 12.1 Å². The number of para-hydroxylation sites is 1. The minimum Gasteiger partial charge on any atom is -0.257 e. The maximum atomic E-state index is 4.37. The summed E-state index contributed by atoms with van der Waals surface area (Å²) in [4.78, 5) is 16.5. The lowest BCUT2D eigenvalue weighted by Gasteiger charge is -1.91. The molecule has 1 aliphatic heterocycles. The Morgan fingerprint density at radius 2 is 1.14 bits per heavy atom. The van der Waals surface area contributed by atoms with Crippen LogP contribution in [0.3, 0.4) is 0 Å². The van der Waals surface area contributed by atoms with E-state index < -0.39 is 0 Å². The number of fused-ring (bicyclic) bond motifs is 1. The van der Waals surface area contributed by atoms with Crippen molar-refractivity contribution in [2.24, 2.45) is 4.99 Å². The summed E-state index contributed by atoms with van der Waals surface area (Å²) < 4.78 is 11.9. The van der Waals surface area contributed by atoms with Crippen LogP contribution in [0.2, 0.25) is 0 Å². The smallest absolute Gasteiger partial charge is 0.139 e. The van der Waals surface area contributed by atoms with Crippen LogP contribution in [-0.4, -0.2) is 33.8 Å². The maximum absolute atomic E-state index is 4.37. The van der Waals surface area contributed by atoms with Crippen LogP contribution in [0.1, 0.15) is 79.6 Å². The summed E-state index contributed by atoms with van der Waals surface area (Å²) in [6.45, 7) is 21.7. The molecule has 0 radical (unpaired) electrons. The number of hydrogen-bond acceptors (Lipinski definition) is 10. The van der Waals surface area contributed by atoms with Gasteiger partial charge < -0.3 is 0 Å². The monoisotopic (exact) mass is 547 g/mol. The quantitative estimate of drug-likeness (QED) is 0.239. The van der Waals surface area contributed by atoms with E-state index in [1.807, 2.05) is 68.4 Å². The highest BCUT2D eigenvalue weighted by atomic mass is 32.1. The number of hydrogen-bond donors (Lipinski definition) is 0. The molecule has 0 N–H and O–H groups in total. The zero-order valence-corrected chi connectivity index (χ0v) is 26.0. The van der Waals surface area contributed by atoms with Crippen LogP contribution in [0, 0.1) is 34.6 Å². The van der Waals surface area contributed by atoms with Crippen molar-refractivity contribution in [1.29, 1.82) is 0 Å². The van der Waals surface area contributed by atoms with Crippen LogP contribution in [0.25, 0.3) is 0 Å². The van der Waals surface area contributed by atoms with Gasteiger partial charge in [0.2, 0.25) is 0 Å². The van der Waals surface area contributed by atoms with Crippen LogP contribution in [0.5, 0.6) is 0 Å². The lowest BCUT2D eigenvalue weighted by molar-refractivity contribution is 1.05. The summed E-state index contributed by atoms with van der Waals surface area (Å²) >= 11 is 4.37. The molecule has 198 valence electrons. The summed E-state index contributed by atoms with van der Waals surface area (Å²) in [7, 11) is 0. The molecule has 0 unspecified atom stereocenters. The molecule has 4 aromatic rings. The molecule has 4 heterocycles. The number of rotatable bonds is 1. The number of nitrogens with zero attached hydrogens (tertiary/aromatic N) is 7.